The van der Waals surface area contributed by atoms with Crippen molar-refractivity contribution in [2.75, 3.05) is 19.5 Å². The van der Waals surface area contributed by atoms with E-state index in [2.05, 4.69) is 20.4 Å². The first-order valence-electron chi connectivity index (χ1n) is 8.15. The molecule has 0 spiro atoms. The van der Waals surface area contributed by atoms with Crippen LogP contribution in [0.4, 0.5) is 20.3 Å². The summed E-state index contributed by atoms with van der Waals surface area (Å²) >= 11 is 0. The number of benzene rings is 2. The van der Waals surface area contributed by atoms with Gasteiger partial charge in [-0.25, -0.2) is 13.8 Å². The second-order valence-electron chi connectivity index (χ2n) is 5.79. The van der Waals surface area contributed by atoms with Crippen molar-refractivity contribution < 1.29 is 22.8 Å². The lowest BCUT2D eigenvalue weighted by Crippen LogP contribution is -1.97. The van der Waals surface area contributed by atoms with Gasteiger partial charge in [0.15, 0.2) is 11.5 Å². The van der Waals surface area contributed by atoms with Gasteiger partial charge < -0.3 is 19.3 Å². The molecule has 0 aliphatic rings. The Morgan fingerprint density at radius 2 is 1.68 bits per heavy atom. The highest BCUT2D eigenvalue weighted by Crippen LogP contribution is 2.35. The van der Waals surface area contributed by atoms with Crippen molar-refractivity contribution >= 4 is 22.6 Å². The van der Waals surface area contributed by atoms with Crippen LogP contribution in [0.15, 0.2) is 47.2 Å². The number of ether oxygens (including phenoxy) is 2. The molecule has 0 bridgehead atoms. The highest BCUT2D eigenvalue weighted by Gasteiger charge is 2.18. The van der Waals surface area contributed by atoms with Gasteiger partial charge in [-0.3, -0.25) is 0 Å². The predicted octanol–water partition coefficient (Wildman–Crippen LogP) is 4.32. The van der Waals surface area contributed by atoms with Crippen LogP contribution in [-0.4, -0.2) is 29.3 Å². The minimum Gasteiger partial charge on any atom is -0.493 e. The fourth-order valence-corrected chi connectivity index (χ4v) is 2.82. The van der Waals surface area contributed by atoms with Gasteiger partial charge in [-0.05, 0) is 24.3 Å². The monoisotopic (exact) mass is 384 g/mol. The molecule has 0 amide bonds. The first-order chi connectivity index (χ1) is 13.6. The minimum atomic E-state index is -0.725. The molecule has 28 heavy (non-hydrogen) atoms. The van der Waals surface area contributed by atoms with Gasteiger partial charge >= 0.3 is 0 Å². The number of fused-ring (bicyclic) bond motifs is 1. The van der Waals surface area contributed by atoms with Gasteiger partial charge in [0.2, 0.25) is 0 Å². The Hall–Kier alpha value is -3.75. The van der Waals surface area contributed by atoms with E-state index >= 15 is 0 Å². The van der Waals surface area contributed by atoms with Crippen molar-refractivity contribution in [3.8, 4) is 22.8 Å². The molecule has 0 atom stereocenters. The number of halogens is 2. The van der Waals surface area contributed by atoms with E-state index in [1.165, 1.54) is 13.4 Å². The van der Waals surface area contributed by atoms with E-state index in [1.807, 2.05) is 0 Å². The lowest BCUT2D eigenvalue weighted by molar-refractivity contribution is 0.355. The molecule has 2 heterocycles. The summed E-state index contributed by atoms with van der Waals surface area (Å²) in [5.74, 6) is 0.00488. The summed E-state index contributed by atoms with van der Waals surface area (Å²) in [6.45, 7) is 0. The zero-order valence-corrected chi connectivity index (χ0v) is 14.9. The van der Waals surface area contributed by atoms with E-state index in [0.717, 1.165) is 18.2 Å². The maximum absolute atomic E-state index is 13.7. The molecule has 0 aliphatic heterocycles. The minimum absolute atomic E-state index is 0.178. The lowest BCUT2D eigenvalue weighted by Gasteiger charge is -2.11. The number of methoxy groups -OCH3 is 2. The van der Waals surface area contributed by atoms with Crippen LogP contribution >= 0.6 is 0 Å². The van der Waals surface area contributed by atoms with E-state index in [-0.39, 0.29) is 17.0 Å². The molecule has 142 valence electrons. The fraction of sp³-hybridized carbons (Fsp3) is 0.105. The highest BCUT2D eigenvalue weighted by molar-refractivity contribution is 5.98. The summed E-state index contributed by atoms with van der Waals surface area (Å²) in [6.07, 6.45) is 1.30. The molecule has 4 aromatic rings. The Kier molecular flexibility index (Phi) is 4.48. The summed E-state index contributed by atoms with van der Waals surface area (Å²) in [4.78, 5) is 8.24. The average molecular weight is 384 g/mol. The van der Waals surface area contributed by atoms with Crippen LogP contribution in [0.25, 0.3) is 22.4 Å². The third kappa shape index (κ3) is 3.18. The summed E-state index contributed by atoms with van der Waals surface area (Å²) in [6, 6.07) is 8.33. The number of hydrogen-bond acceptors (Lipinski definition) is 7. The molecule has 4 rings (SSSR count). The summed E-state index contributed by atoms with van der Waals surface area (Å²) in [7, 11) is 3.07. The molecular formula is C19H14F2N4O3. The second kappa shape index (κ2) is 7.10. The summed E-state index contributed by atoms with van der Waals surface area (Å²) < 4.78 is 43.0. The number of anilines is 2. The third-order valence-corrected chi connectivity index (χ3v) is 4.05. The Morgan fingerprint density at radius 1 is 0.929 bits per heavy atom. The van der Waals surface area contributed by atoms with Gasteiger partial charge in [-0.2, -0.15) is 4.98 Å². The Labute approximate surface area is 157 Å². The number of rotatable bonds is 5. The number of nitrogens with zero attached hydrogens (tertiary/aromatic N) is 3. The van der Waals surface area contributed by atoms with Gasteiger partial charge in [0.1, 0.15) is 34.9 Å². The van der Waals surface area contributed by atoms with Crippen LogP contribution in [0.3, 0.4) is 0 Å². The SMILES string of the molecule is COc1ccc(Nc2ncnc3onc(-c4cc(F)cc(F)c4)c23)cc1OC. The topological polar surface area (TPSA) is 82.3 Å². The fourth-order valence-electron chi connectivity index (χ4n) is 2.82. The molecule has 0 unspecified atom stereocenters. The molecular weight excluding hydrogens is 370 g/mol. The molecule has 2 aromatic heterocycles. The molecule has 0 saturated carbocycles. The van der Waals surface area contributed by atoms with Crippen molar-refractivity contribution in [3.63, 3.8) is 0 Å². The Bertz CT molecular complexity index is 1140. The van der Waals surface area contributed by atoms with Gasteiger partial charge in [-0.1, -0.05) is 5.16 Å². The smallest absolute Gasteiger partial charge is 0.263 e. The van der Waals surface area contributed by atoms with E-state index < -0.39 is 11.6 Å². The number of aromatic nitrogens is 3. The highest BCUT2D eigenvalue weighted by atomic mass is 19.1. The van der Waals surface area contributed by atoms with Crippen LogP contribution in [0, 0.1) is 11.6 Å². The molecule has 2 aromatic carbocycles. The lowest BCUT2D eigenvalue weighted by atomic mass is 10.1. The number of nitrogens with one attached hydrogen (secondary N) is 1. The maximum Gasteiger partial charge on any atom is 0.263 e. The van der Waals surface area contributed by atoms with E-state index in [9.17, 15) is 8.78 Å². The third-order valence-electron chi connectivity index (χ3n) is 4.05. The van der Waals surface area contributed by atoms with Gasteiger partial charge in [0, 0.05) is 23.4 Å². The largest absolute Gasteiger partial charge is 0.493 e. The van der Waals surface area contributed by atoms with Crippen LogP contribution < -0.4 is 14.8 Å². The first kappa shape index (κ1) is 17.7. The van der Waals surface area contributed by atoms with Crippen LogP contribution in [-0.2, 0) is 0 Å². The molecule has 0 radical (unpaired) electrons. The van der Waals surface area contributed by atoms with E-state index in [4.69, 9.17) is 14.0 Å². The standard InChI is InChI=1S/C19H14F2N4O3/c1-26-14-4-3-13(8-15(14)27-2)24-18-16-17(25-28-19(16)23-9-22-18)10-5-11(20)7-12(21)6-10/h3-9H,1-2H3,(H,22,23,24). The van der Waals surface area contributed by atoms with E-state index in [0.29, 0.717) is 28.4 Å². The van der Waals surface area contributed by atoms with Crippen molar-refractivity contribution in [1.82, 2.24) is 15.1 Å². The summed E-state index contributed by atoms with van der Waals surface area (Å²) in [5.41, 5.74) is 1.26. The Morgan fingerprint density at radius 3 is 2.39 bits per heavy atom. The molecule has 1 N–H and O–H groups in total. The molecule has 0 saturated heterocycles. The van der Waals surface area contributed by atoms with Crippen LogP contribution in [0.2, 0.25) is 0 Å². The van der Waals surface area contributed by atoms with Crippen LogP contribution in [0.1, 0.15) is 0 Å². The van der Waals surface area contributed by atoms with E-state index in [1.54, 1.807) is 25.3 Å². The second-order valence-corrected chi connectivity index (χ2v) is 5.79. The predicted molar refractivity (Wildman–Crippen MR) is 97.8 cm³/mol. The average Bonchev–Trinajstić information content (AvgIpc) is 3.12. The Balaban J connectivity index is 1.81. The van der Waals surface area contributed by atoms with Gasteiger partial charge in [0.05, 0.1) is 14.2 Å². The van der Waals surface area contributed by atoms with Crippen molar-refractivity contribution in [3.05, 3.63) is 54.4 Å². The van der Waals surface area contributed by atoms with Crippen molar-refractivity contribution in [1.29, 1.82) is 0 Å². The maximum atomic E-state index is 13.7. The van der Waals surface area contributed by atoms with Gasteiger partial charge in [0.25, 0.3) is 5.71 Å². The van der Waals surface area contributed by atoms with Crippen molar-refractivity contribution in [2.24, 2.45) is 0 Å². The zero-order chi connectivity index (χ0) is 19.7. The van der Waals surface area contributed by atoms with Gasteiger partial charge in [-0.15, -0.1) is 0 Å². The normalized spacial score (nSPS) is 10.9. The molecule has 0 aliphatic carbocycles. The van der Waals surface area contributed by atoms with Crippen LogP contribution in [0.5, 0.6) is 11.5 Å². The number of hydrogen-bond donors (Lipinski definition) is 1. The molecule has 0 fully saturated rings. The molecule has 7 nitrogen and oxygen atoms in total. The summed E-state index contributed by atoms with van der Waals surface area (Å²) in [5, 5.41) is 7.43. The quantitative estimate of drug-likeness (QED) is 0.549. The molecule has 9 heteroatoms. The zero-order valence-electron chi connectivity index (χ0n) is 14.9. The first-order valence-corrected chi connectivity index (χ1v) is 8.15. The van der Waals surface area contributed by atoms with Crippen molar-refractivity contribution in [2.45, 2.75) is 0 Å².